The third-order valence-electron chi connectivity index (χ3n) is 2.50. The van der Waals surface area contributed by atoms with E-state index in [1.807, 2.05) is 6.07 Å². The minimum Gasteiger partial charge on any atom is -0.371 e. The molecule has 0 aliphatic carbocycles. The van der Waals surface area contributed by atoms with E-state index in [1.165, 1.54) is 18.2 Å². The first kappa shape index (κ1) is 17.6. The molecule has 120 valence electrons. The van der Waals surface area contributed by atoms with Crippen molar-refractivity contribution in [2.45, 2.75) is 5.51 Å². The summed E-state index contributed by atoms with van der Waals surface area (Å²) in [4.78, 5) is 0. The summed E-state index contributed by atoms with van der Waals surface area (Å²) in [5.74, 6) is -0.331. The van der Waals surface area contributed by atoms with Crippen LogP contribution < -0.4 is 25.4 Å². The maximum Gasteiger partial charge on any atom is 0.534 e. The van der Waals surface area contributed by atoms with E-state index in [0.717, 1.165) is 3.57 Å². The fraction of sp³-hybridized carbons (Fsp3) is 0.0714. The summed E-state index contributed by atoms with van der Waals surface area (Å²) >= 11 is -0.969. The number of hydrogen-bond acceptors (Lipinski definition) is 4. The van der Waals surface area contributed by atoms with Gasteiger partial charge in [0.05, 0.1) is 11.6 Å². The van der Waals surface area contributed by atoms with E-state index in [1.54, 1.807) is 30.3 Å². The third-order valence-corrected chi connectivity index (χ3v) is 6.28. The summed E-state index contributed by atoms with van der Waals surface area (Å²) in [7, 11) is -5.70. The minimum atomic E-state index is -5.70. The van der Waals surface area contributed by atoms with Crippen LogP contribution in [-0.4, -0.2) is 13.9 Å². The number of benzene rings is 2. The quantitative estimate of drug-likeness (QED) is 0.368. The Labute approximate surface area is 140 Å². The zero-order valence-electron chi connectivity index (χ0n) is 11.2. The SMILES string of the molecule is N#Cc1ccc([I+]c2ccccc2OS(=O)(=O)C(F)(F)F)cc1. The van der Waals surface area contributed by atoms with Gasteiger partial charge in [-0.25, -0.2) is 0 Å². The highest BCUT2D eigenvalue weighted by Crippen LogP contribution is 2.26. The standard InChI is InChI=1S/C14H8F3INO3S/c15-14(16,17)23(20,21)22-13-4-2-1-3-12(13)18-11-7-5-10(9-19)6-8-11/h1-8H/q+1. The highest BCUT2D eigenvalue weighted by molar-refractivity contribution is 7.87. The number of nitriles is 1. The smallest absolute Gasteiger partial charge is 0.371 e. The number of halogens is 4. The maximum atomic E-state index is 12.4. The Morgan fingerprint density at radius 3 is 2.22 bits per heavy atom. The average Bonchev–Trinajstić information content (AvgIpc) is 2.48. The van der Waals surface area contributed by atoms with Gasteiger partial charge >= 0.3 is 36.8 Å². The van der Waals surface area contributed by atoms with Crippen LogP contribution in [0.3, 0.4) is 0 Å². The normalized spacial score (nSPS) is 11.7. The van der Waals surface area contributed by atoms with Crippen molar-refractivity contribution in [2.24, 2.45) is 0 Å². The second-order valence-electron chi connectivity index (χ2n) is 4.13. The first-order valence-corrected chi connectivity index (χ1v) is 9.54. The Bertz CT molecular complexity index is 843. The van der Waals surface area contributed by atoms with Crippen LogP contribution in [0.1, 0.15) is 5.56 Å². The van der Waals surface area contributed by atoms with Crippen LogP contribution in [0.25, 0.3) is 0 Å². The van der Waals surface area contributed by atoms with E-state index >= 15 is 0 Å². The van der Waals surface area contributed by atoms with Crippen LogP contribution in [-0.2, 0) is 10.1 Å². The summed E-state index contributed by atoms with van der Waals surface area (Å²) in [6.45, 7) is 0. The monoisotopic (exact) mass is 454 g/mol. The minimum absolute atomic E-state index is 0.331. The average molecular weight is 454 g/mol. The van der Waals surface area contributed by atoms with Gasteiger partial charge < -0.3 is 4.18 Å². The van der Waals surface area contributed by atoms with Crippen molar-refractivity contribution in [3.8, 4) is 11.8 Å². The van der Waals surface area contributed by atoms with E-state index < -0.39 is 36.8 Å². The molecule has 0 saturated heterocycles. The summed E-state index contributed by atoms with van der Waals surface area (Å²) < 4.78 is 65.0. The Morgan fingerprint density at radius 2 is 1.65 bits per heavy atom. The predicted molar refractivity (Wildman–Crippen MR) is 70.6 cm³/mol. The molecular weight excluding hydrogens is 446 g/mol. The molecule has 0 bridgehead atoms. The lowest BCUT2D eigenvalue weighted by atomic mass is 10.2. The third kappa shape index (κ3) is 4.35. The molecule has 0 fully saturated rings. The zero-order valence-corrected chi connectivity index (χ0v) is 14.2. The molecule has 0 N–H and O–H groups in total. The first-order chi connectivity index (χ1) is 10.7. The lowest BCUT2D eigenvalue weighted by Gasteiger charge is -2.08. The topological polar surface area (TPSA) is 67.2 Å². The van der Waals surface area contributed by atoms with E-state index in [4.69, 9.17) is 5.26 Å². The highest BCUT2D eigenvalue weighted by atomic mass is 127. The molecule has 23 heavy (non-hydrogen) atoms. The number of hydrogen-bond donors (Lipinski definition) is 0. The number of para-hydroxylation sites is 1. The molecule has 4 nitrogen and oxygen atoms in total. The molecule has 0 aliphatic rings. The van der Waals surface area contributed by atoms with E-state index in [-0.39, 0.29) is 5.75 Å². The molecular formula is C14H8F3INO3S+. The Balaban J connectivity index is 2.29. The van der Waals surface area contributed by atoms with Gasteiger partial charge in [0, 0.05) is 0 Å². The van der Waals surface area contributed by atoms with Crippen LogP contribution in [0.2, 0.25) is 0 Å². The Morgan fingerprint density at radius 1 is 1.04 bits per heavy atom. The number of alkyl halides is 3. The number of nitrogens with zero attached hydrogens (tertiary/aromatic N) is 1. The van der Waals surface area contributed by atoms with Gasteiger partial charge in [-0.3, -0.25) is 0 Å². The molecule has 0 heterocycles. The van der Waals surface area contributed by atoms with Crippen molar-refractivity contribution in [3.05, 3.63) is 61.2 Å². The van der Waals surface area contributed by atoms with E-state index in [0.29, 0.717) is 9.13 Å². The van der Waals surface area contributed by atoms with Crippen molar-refractivity contribution in [1.29, 1.82) is 5.26 Å². The van der Waals surface area contributed by atoms with Gasteiger partial charge in [0.1, 0.15) is 0 Å². The molecule has 2 rings (SSSR count). The fourth-order valence-electron chi connectivity index (χ4n) is 1.46. The summed E-state index contributed by atoms with van der Waals surface area (Å²) in [5.41, 5.74) is -5.02. The second kappa shape index (κ2) is 6.76. The summed E-state index contributed by atoms with van der Waals surface area (Å²) in [6, 6.07) is 14.2. The van der Waals surface area contributed by atoms with Crippen LogP contribution in [0, 0.1) is 18.5 Å². The maximum absolute atomic E-state index is 12.4. The van der Waals surface area contributed by atoms with Gasteiger partial charge in [-0.1, -0.05) is 12.1 Å². The van der Waals surface area contributed by atoms with Gasteiger partial charge in [-0.2, -0.15) is 26.9 Å². The lowest BCUT2D eigenvalue weighted by molar-refractivity contribution is -0.598. The number of rotatable bonds is 4. The molecule has 0 radical (unpaired) electrons. The van der Waals surface area contributed by atoms with Crippen molar-refractivity contribution < 1.29 is 47.0 Å². The molecule has 0 aliphatic heterocycles. The highest BCUT2D eigenvalue weighted by Gasteiger charge is 2.49. The summed E-state index contributed by atoms with van der Waals surface area (Å²) in [5, 5.41) is 8.73. The van der Waals surface area contributed by atoms with Gasteiger partial charge in [-0.15, -0.1) is 0 Å². The second-order valence-corrected chi connectivity index (χ2v) is 8.61. The van der Waals surface area contributed by atoms with Crippen LogP contribution >= 0.6 is 0 Å². The van der Waals surface area contributed by atoms with E-state index in [9.17, 15) is 21.6 Å². The molecule has 0 aromatic heterocycles. The molecule has 9 heteroatoms. The van der Waals surface area contributed by atoms with Gasteiger partial charge in [0.15, 0.2) is 9.32 Å². The predicted octanol–water partition coefficient (Wildman–Crippen LogP) is -0.0849. The Kier molecular flexibility index (Phi) is 5.16. The molecule has 2 aromatic rings. The fourth-order valence-corrected chi connectivity index (χ4v) is 4.42. The summed E-state index contributed by atoms with van der Waals surface area (Å²) in [6.07, 6.45) is 0. The van der Waals surface area contributed by atoms with Gasteiger partial charge in [0.2, 0.25) is 3.57 Å². The first-order valence-electron chi connectivity index (χ1n) is 5.98. The van der Waals surface area contributed by atoms with Crippen LogP contribution in [0.4, 0.5) is 13.2 Å². The lowest BCUT2D eigenvalue weighted by Crippen LogP contribution is -3.61. The van der Waals surface area contributed by atoms with Crippen LogP contribution in [0.5, 0.6) is 5.75 Å². The zero-order chi connectivity index (χ0) is 17.1. The van der Waals surface area contributed by atoms with Crippen molar-refractivity contribution >= 4 is 10.1 Å². The largest absolute Gasteiger partial charge is 0.534 e. The van der Waals surface area contributed by atoms with Crippen molar-refractivity contribution in [3.63, 3.8) is 0 Å². The molecule has 0 unspecified atom stereocenters. The van der Waals surface area contributed by atoms with Crippen LogP contribution in [0.15, 0.2) is 48.5 Å². The van der Waals surface area contributed by atoms with Gasteiger partial charge in [0.25, 0.3) is 0 Å². The van der Waals surface area contributed by atoms with Crippen molar-refractivity contribution in [1.82, 2.24) is 0 Å². The molecule has 2 aromatic carbocycles. The Hall–Kier alpha value is -1.80. The van der Waals surface area contributed by atoms with Crippen molar-refractivity contribution in [2.75, 3.05) is 0 Å². The molecule has 0 atom stereocenters. The van der Waals surface area contributed by atoms with Gasteiger partial charge in [-0.05, 0) is 36.4 Å². The molecule has 0 saturated carbocycles. The van der Waals surface area contributed by atoms with E-state index in [2.05, 4.69) is 4.18 Å². The molecule has 0 amide bonds. The molecule has 0 spiro atoms.